The molecule has 2 rings (SSSR count). The lowest BCUT2D eigenvalue weighted by molar-refractivity contribution is -0.136. The van der Waals surface area contributed by atoms with Crippen LogP contribution in [-0.2, 0) is 4.79 Å². The number of amides is 3. The maximum atomic E-state index is 12.3. The minimum atomic E-state index is 0. The topological polar surface area (TPSA) is 55.9 Å². The van der Waals surface area contributed by atoms with Gasteiger partial charge in [0.25, 0.3) is 0 Å². The molecule has 0 spiro atoms. The molecule has 0 bridgehead atoms. The van der Waals surface area contributed by atoms with Crippen LogP contribution in [0.15, 0.2) is 0 Å². The van der Waals surface area contributed by atoms with Crippen LogP contribution >= 0.6 is 12.4 Å². The third kappa shape index (κ3) is 4.23. The molecule has 122 valence electrons. The van der Waals surface area contributed by atoms with E-state index in [0.717, 1.165) is 32.6 Å². The van der Waals surface area contributed by atoms with Crippen LogP contribution in [0.5, 0.6) is 0 Å². The summed E-state index contributed by atoms with van der Waals surface area (Å²) in [6, 6.07) is 0.102. The molecule has 0 aromatic carbocycles. The predicted octanol–water partition coefficient (Wildman–Crippen LogP) is 0.624. The van der Waals surface area contributed by atoms with Crippen LogP contribution in [-0.4, -0.2) is 79.0 Å². The highest BCUT2D eigenvalue weighted by Gasteiger charge is 2.31. The Labute approximate surface area is 133 Å². The van der Waals surface area contributed by atoms with Gasteiger partial charge >= 0.3 is 6.03 Å². The summed E-state index contributed by atoms with van der Waals surface area (Å²) in [5.41, 5.74) is 0. The lowest BCUT2D eigenvalue weighted by Gasteiger charge is -2.38. The van der Waals surface area contributed by atoms with E-state index < -0.39 is 0 Å². The Morgan fingerprint density at radius 1 is 1.10 bits per heavy atom. The molecular formula is C14H27ClN4O2. The van der Waals surface area contributed by atoms with Crippen LogP contribution in [0.2, 0.25) is 0 Å². The number of carbonyl (C=O) groups is 2. The monoisotopic (exact) mass is 318 g/mol. The zero-order chi connectivity index (χ0) is 14.5. The predicted molar refractivity (Wildman–Crippen MR) is 84.7 cm³/mol. The number of nitrogens with one attached hydrogen (secondary N) is 1. The van der Waals surface area contributed by atoms with Crippen molar-refractivity contribution in [2.24, 2.45) is 5.92 Å². The highest BCUT2D eigenvalue weighted by Crippen LogP contribution is 2.14. The van der Waals surface area contributed by atoms with Gasteiger partial charge in [-0.25, -0.2) is 4.79 Å². The van der Waals surface area contributed by atoms with Gasteiger partial charge in [-0.05, 0) is 26.8 Å². The number of rotatable bonds is 3. The van der Waals surface area contributed by atoms with E-state index in [4.69, 9.17) is 0 Å². The minimum absolute atomic E-state index is 0. The van der Waals surface area contributed by atoms with Crippen molar-refractivity contribution in [3.8, 4) is 0 Å². The van der Waals surface area contributed by atoms with Gasteiger partial charge in [0.15, 0.2) is 0 Å². The summed E-state index contributed by atoms with van der Waals surface area (Å²) in [5.74, 6) is 0.393. The molecule has 21 heavy (non-hydrogen) atoms. The van der Waals surface area contributed by atoms with Crippen molar-refractivity contribution in [3.05, 3.63) is 0 Å². The zero-order valence-electron chi connectivity index (χ0n) is 13.0. The van der Waals surface area contributed by atoms with Crippen molar-refractivity contribution in [1.82, 2.24) is 20.0 Å². The number of hydrogen-bond acceptors (Lipinski definition) is 3. The number of piperazine rings is 1. The highest BCUT2D eigenvalue weighted by atomic mass is 35.5. The molecule has 3 amide bonds. The molecule has 1 unspecified atom stereocenters. The lowest BCUT2D eigenvalue weighted by Crippen LogP contribution is -2.55. The molecule has 2 aliphatic heterocycles. The van der Waals surface area contributed by atoms with Crippen LogP contribution in [0.1, 0.15) is 20.3 Å². The highest BCUT2D eigenvalue weighted by molar-refractivity contribution is 5.85. The van der Waals surface area contributed by atoms with Crippen LogP contribution < -0.4 is 5.32 Å². The van der Waals surface area contributed by atoms with Gasteiger partial charge in [0.05, 0.1) is 5.92 Å². The SMILES string of the molecule is CCN(CC)C(=O)N1CCN(C(=O)C2CCNC2)CC1.Cl. The fraction of sp³-hybridized carbons (Fsp3) is 0.857. The molecule has 2 saturated heterocycles. The molecule has 1 N–H and O–H groups in total. The second-order valence-electron chi connectivity index (χ2n) is 5.46. The first-order valence-electron chi connectivity index (χ1n) is 7.70. The van der Waals surface area contributed by atoms with Gasteiger partial charge < -0.3 is 20.0 Å². The average molecular weight is 319 g/mol. The van der Waals surface area contributed by atoms with Crippen molar-refractivity contribution in [2.45, 2.75) is 20.3 Å². The normalized spacial score (nSPS) is 21.9. The number of urea groups is 1. The second-order valence-corrected chi connectivity index (χ2v) is 5.46. The molecular weight excluding hydrogens is 292 g/mol. The van der Waals surface area contributed by atoms with Crippen LogP contribution in [0.25, 0.3) is 0 Å². The van der Waals surface area contributed by atoms with E-state index in [1.165, 1.54) is 0 Å². The quantitative estimate of drug-likeness (QED) is 0.830. The van der Waals surface area contributed by atoms with E-state index in [1.807, 2.05) is 28.5 Å². The first kappa shape index (κ1) is 18.0. The molecule has 1 atom stereocenters. The van der Waals surface area contributed by atoms with Gasteiger partial charge in [-0.3, -0.25) is 4.79 Å². The van der Waals surface area contributed by atoms with Gasteiger partial charge in [0.2, 0.25) is 5.91 Å². The summed E-state index contributed by atoms with van der Waals surface area (Å²) in [6.45, 7) is 9.86. The summed E-state index contributed by atoms with van der Waals surface area (Å²) >= 11 is 0. The maximum Gasteiger partial charge on any atom is 0.320 e. The van der Waals surface area contributed by atoms with E-state index in [2.05, 4.69) is 5.32 Å². The number of hydrogen-bond donors (Lipinski definition) is 1. The van der Waals surface area contributed by atoms with Crippen molar-refractivity contribution in [1.29, 1.82) is 0 Å². The smallest absolute Gasteiger partial charge is 0.320 e. The molecule has 0 saturated carbocycles. The van der Waals surface area contributed by atoms with Crippen LogP contribution in [0.3, 0.4) is 0 Å². The molecule has 0 aliphatic carbocycles. The first-order valence-corrected chi connectivity index (χ1v) is 7.70. The van der Waals surface area contributed by atoms with Gasteiger partial charge in [-0.2, -0.15) is 0 Å². The van der Waals surface area contributed by atoms with Crippen molar-refractivity contribution in [2.75, 3.05) is 52.4 Å². The first-order chi connectivity index (χ1) is 9.67. The summed E-state index contributed by atoms with van der Waals surface area (Å²) in [6.07, 6.45) is 0.942. The van der Waals surface area contributed by atoms with E-state index >= 15 is 0 Å². The van der Waals surface area contributed by atoms with E-state index in [0.29, 0.717) is 26.2 Å². The Morgan fingerprint density at radius 3 is 2.14 bits per heavy atom. The molecule has 0 radical (unpaired) electrons. The summed E-state index contributed by atoms with van der Waals surface area (Å²) in [4.78, 5) is 30.1. The number of carbonyl (C=O) groups excluding carboxylic acids is 2. The largest absolute Gasteiger partial charge is 0.339 e. The summed E-state index contributed by atoms with van der Waals surface area (Å²) in [5, 5.41) is 3.23. The van der Waals surface area contributed by atoms with E-state index in [-0.39, 0.29) is 30.3 Å². The number of halogens is 1. The number of nitrogens with zero attached hydrogens (tertiary/aromatic N) is 3. The fourth-order valence-corrected chi connectivity index (χ4v) is 2.94. The molecule has 2 aliphatic rings. The Balaban J connectivity index is 0.00000220. The molecule has 6 nitrogen and oxygen atoms in total. The second kappa shape index (κ2) is 8.44. The average Bonchev–Trinajstić information content (AvgIpc) is 3.02. The summed E-state index contributed by atoms with van der Waals surface area (Å²) < 4.78 is 0. The Bertz CT molecular complexity index is 327. The third-order valence-electron chi connectivity index (χ3n) is 4.31. The molecule has 2 heterocycles. The van der Waals surface area contributed by atoms with Crippen LogP contribution in [0, 0.1) is 5.92 Å². The Hall–Kier alpha value is -1.01. The fourth-order valence-electron chi connectivity index (χ4n) is 2.94. The molecule has 7 heteroatoms. The Morgan fingerprint density at radius 2 is 1.67 bits per heavy atom. The van der Waals surface area contributed by atoms with E-state index in [1.54, 1.807) is 0 Å². The standard InChI is InChI=1S/C14H26N4O2.ClH/c1-3-16(4-2)14(20)18-9-7-17(8-10-18)13(19)12-5-6-15-11-12;/h12,15H,3-11H2,1-2H3;1H. The van der Waals surface area contributed by atoms with Crippen molar-refractivity contribution in [3.63, 3.8) is 0 Å². The van der Waals surface area contributed by atoms with Gasteiger partial charge in [0, 0.05) is 45.8 Å². The molecule has 0 aromatic rings. The molecule has 0 aromatic heterocycles. The van der Waals surface area contributed by atoms with Gasteiger partial charge in [-0.15, -0.1) is 12.4 Å². The minimum Gasteiger partial charge on any atom is -0.339 e. The van der Waals surface area contributed by atoms with Gasteiger partial charge in [-0.1, -0.05) is 0 Å². The molecule has 2 fully saturated rings. The van der Waals surface area contributed by atoms with Crippen LogP contribution in [0.4, 0.5) is 4.79 Å². The Kier molecular flexibility index (Phi) is 7.25. The van der Waals surface area contributed by atoms with Gasteiger partial charge in [0.1, 0.15) is 0 Å². The summed E-state index contributed by atoms with van der Waals surface area (Å²) in [7, 11) is 0. The lowest BCUT2D eigenvalue weighted by atomic mass is 10.1. The van der Waals surface area contributed by atoms with Crippen molar-refractivity contribution >= 4 is 24.3 Å². The maximum absolute atomic E-state index is 12.3. The third-order valence-corrected chi connectivity index (χ3v) is 4.31. The zero-order valence-corrected chi connectivity index (χ0v) is 13.8. The van der Waals surface area contributed by atoms with E-state index in [9.17, 15) is 9.59 Å². The van der Waals surface area contributed by atoms with Crippen molar-refractivity contribution < 1.29 is 9.59 Å².